The quantitative estimate of drug-likeness (QED) is 0.871. The predicted octanol–water partition coefficient (Wildman–Crippen LogP) is 2.30. The molecule has 0 bridgehead atoms. The molecule has 1 aliphatic rings. The average molecular weight is 317 g/mol. The Morgan fingerprint density at radius 3 is 3.00 bits per heavy atom. The molecular weight excluding hydrogens is 298 g/mol. The summed E-state index contributed by atoms with van der Waals surface area (Å²) in [6.07, 6.45) is 2.05. The molecule has 1 saturated heterocycles. The molecule has 1 unspecified atom stereocenters. The van der Waals surface area contributed by atoms with Crippen LogP contribution in [0.2, 0.25) is 0 Å². The fraction of sp³-hybridized carbons (Fsp3) is 0.438. The SMILES string of the molecule is Cc1ccc(C2CN(C(=O)Cc3csc(C)n3)CCO2)nc1. The Morgan fingerprint density at radius 2 is 2.32 bits per heavy atom. The number of carbonyl (C=O) groups is 1. The van der Waals surface area contributed by atoms with Crippen LogP contribution in [-0.2, 0) is 16.0 Å². The maximum Gasteiger partial charge on any atom is 0.228 e. The number of morpholine rings is 1. The van der Waals surface area contributed by atoms with Crippen LogP contribution in [0.5, 0.6) is 0 Å². The lowest BCUT2D eigenvalue weighted by molar-refractivity contribution is -0.138. The van der Waals surface area contributed by atoms with Crippen LogP contribution in [0.4, 0.5) is 0 Å². The van der Waals surface area contributed by atoms with Gasteiger partial charge in [-0.3, -0.25) is 9.78 Å². The molecule has 0 spiro atoms. The first-order valence-corrected chi connectivity index (χ1v) is 8.23. The zero-order valence-electron chi connectivity index (χ0n) is 12.8. The number of hydrogen-bond donors (Lipinski definition) is 0. The molecule has 0 aliphatic carbocycles. The normalized spacial score (nSPS) is 18.5. The molecular formula is C16H19N3O2S. The third kappa shape index (κ3) is 3.51. The zero-order chi connectivity index (χ0) is 15.5. The highest BCUT2D eigenvalue weighted by Crippen LogP contribution is 2.21. The number of amides is 1. The minimum atomic E-state index is -0.143. The third-order valence-electron chi connectivity index (χ3n) is 3.68. The predicted molar refractivity (Wildman–Crippen MR) is 84.8 cm³/mol. The minimum absolute atomic E-state index is 0.103. The zero-order valence-corrected chi connectivity index (χ0v) is 13.6. The molecule has 1 aliphatic heterocycles. The van der Waals surface area contributed by atoms with Gasteiger partial charge in [0.05, 0.1) is 36.0 Å². The van der Waals surface area contributed by atoms with Crippen molar-refractivity contribution < 1.29 is 9.53 Å². The summed E-state index contributed by atoms with van der Waals surface area (Å²) in [5.41, 5.74) is 2.85. The topological polar surface area (TPSA) is 55.3 Å². The summed E-state index contributed by atoms with van der Waals surface area (Å²) in [5.74, 6) is 0.103. The highest BCUT2D eigenvalue weighted by Gasteiger charge is 2.26. The number of ether oxygens (including phenoxy) is 1. The molecule has 1 amide bonds. The molecule has 2 aromatic rings. The Bertz CT molecular complexity index is 654. The Balaban J connectivity index is 1.64. The largest absolute Gasteiger partial charge is 0.368 e. The van der Waals surface area contributed by atoms with Crippen LogP contribution in [-0.4, -0.2) is 40.5 Å². The molecule has 116 valence electrons. The van der Waals surface area contributed by atoms with Gasteiger partial charge in [0.15, 0.2) is 0 Å². The number of nitrogens with zero attached hydrogens (tertiary/aromatic N) is 3. The number of aromatic nitrogens is 2. The molecule has 0 N–H and O–H groups in total. The fourth-order valence-electron chi connectivity index (χ4n) is 2.48. The van der Waals surface area contributed by atoms with Crippen LogP contribution in [0.1, 0.15) is 28.1 Å². The summed E-state index contributed by atoms with van der Waals surface area (Å²) in [6, 6.07) is 3.99. The number of thiazole rings is 1. The van der Waals surface area contributed by atoms with E-state index in [4.69, 9.17) is 4.74 Å². The van der Waals surface area contributed by atoms with Crippen molar-refractivity contribution in [2.24, 2.45) is 0 Å². The van der Waals surface area contributed by atoms with Crippen LogP contribution in [0.25, 0.3) is 0 Å². The van der Waals surface area contributed by atoms with Gasteiger partial charge in [0.2, 0.25) is 5.91 Å². The van der Waals surface area contributed by atoms with Crippen LogP contribution in [0.15, 0.2) is 23.7 Å². The van der Waals surface area contributed by atoms with E-state index in [2.05, 4.69) is 9.97 Å². The van der Waals surface area contributed by atoms with Crippen molar-refractivity contribution in [1.82, 2.24) is 14.9 Å². The van der Waals surface area contributed by atoms with Gasteiger partial charge < -0.3 is 9.64 Å². The lowest BCUT2D eigenvalue weighted by atomic mass is 10.1. The van der Waals surface area contributed by atoms with E-state index < -0.39 is 0 Å². The second-order valence-electron chi connectivity index (χ2n) is 5.49. The first kappa shape index (κ1) is 15.1. The van der Waals surface area contributed by atoms with E-state index in [1.165, 1.54) is 0 Å². The summed E-state index contributed by atoms with van der Waals surface area (Å²) >= 11 is 1.58. The lowest BCUT2D eigenvalue weighted by Crippen LogP contribution is -2.43. The highest BCUT2D eigenvalue weighted by atomic mass is 32.1. The molecule has 1 atom stereocenters. The van der Waals surface area contributed by atoms with Crippen molar-refractivity contribution in [3.63, 3.8) is 0 Å². The Labute approximate surface area is 134 Å². The Hall–Kier alpha value is -1.79. The van der Waals surface area contributed by atoms with Gasteiger partial charge in [-0.25, -0.2) is 4.98 Å². The monoisotopic (exact) mass is 317 g/mol. The highest BCUT2D eigenvalue weighted by molar-refractivity contribution is 7.09. The standard InChI is InChI=1S/C16H19N3O2S/c1-11-3-4-14(17-8-11)15-9-19(5-6-21-15)16(20)7-13-10-22-12(2)18-13/h3-4,8,10,15H,5-7,9H2,1-2H3. The smallest absolute Gasteiger partial charge is 0.228 e. The van der Waals surface area contributed by atoms with Crippen LogP contribution >= 0.6 is 11.3 Å². The Morgan fingerprint density at radius 1 is 1.45 bits per heavy atom. The van der Waals surface area contributed by atoms with Gasteiger partial charge in [0, 0.05) is 18.1 Å². The van der Waals surface area contributed by atoms with Crippen LogP contribution in [0.3, 0.4) is 0 Å². The van der Waals surface area contributed by atoms with Gasteiger partial charge in [0.1, 0.15) is 6.10 Å². The number of carbonyl (C=O) groups excluding carboxylic acids is 1. The van der Waals surface area contributed by atoms with Gasteiger partial charge in [-0.2, -0.15) is 0 Å². The Kier molecular flexibility index (Phi) is 4.49. The molecule has 1 fully saturated rings. The van der Waals surface area contributed by atoms with Gasteiger partial charge in [-0.1, -0.05) is 6.07 Å². The van der Waals surface area contributed by atoms with E-state index in [-0.39, 0.29) is 12.0 Å². The molecule has 6 heteroatoms. The summed E-state index contributed by atoms with van der Waals surface area (Å²) in [6.45, 7) is 5.68. The molecule has 0 aromatic carbocycles. The summed E-state index contributed by atoms with van der Waals surface area (Å²) in [4.78, 5) is 23.0. The van der Waals surface area contributed by atoms with E-state index in [1.54, 1.807) is 11.3 Å². The van der Waals surface area contributed by atoms with Crippen LogP contribution < -0.4 is 0 Å². The first-order valence-electron chi connectivity index (χ1n) is 7.35. The number of pyridine rings is 1. The minimum Gasteiger partial charge on any atom is -0.368 e. The van der Waals surface area contributed by atoms with Crippen molar-refractivity contribution in [3.05, 3.63) is 45.7 Å². The van der Waals surface area contributed by atoms with Gasteiger partial charge >= 0.3 is 0 Å². The van der Waals surface area contributed by atoms with Crippen molar-refractivity contribution >= 4 is 17.2 Å². The molecule has 5 nitrogen and oxygen atoms in total. The molecule has 0 radical (unpaired) electrons. The van der Waals surface area contributed by atoms with Crippen molar-refractivity contribution in [3.8, 4) is 0 Å². The van der Waals surface area contributed by atoms with E-state index in [0.717, 1.165) is 22.0 Å². The summed E-state index contributed by atoms with van der Waals surface area (Å²) < 4.78 is 5.77. The van der Waals surface area contributed by atoms with Crippen molar-refractivity contribution in [2.75, 3.05) is 19.7 Å². The van der Waals surface area contributed by atoms with Gasteiger partial charge in [-0.05, 0) is 25.5 Å². The number of hydrogen-bond acceptors (Lipinski definition) is 5. The first-order chi connectivity index (χ1) is 10.6. The molecule has 22 heavy (non-hydrogen) atoms. The molecule has 2 aromatic heterocycles. The second kappa shape index (κ2) is 6.54. The number of rotatable bonds is 3. The molecule has 0 saturated carbocycles. The number of aryl methyl sites for hydroxylation is 2. The maximum atomic E-state index is 12.4. The summed E-state index contributed by atoms with van der Waals surface area (Å²) in [5, 5.41) is 2.94. The van der Waals surface area contributed by atoms with Crippen molar-refractivity contribution in [1.29, 1.82) is 0 Å². The maximum absolute atomic E-state index is 12.4. The second-order valence-corrected chi connectivity index (χ2v) is 6.56. The summed E-state index contributed by atoms with van der Waals surface area (Å²) in [7, 11) is 0. The van der Waals surface area contributed by atoms with E-state index in [9.17, 15) is 4.79 Å². The van der Waals surface area contributed by atoms with E-state index >= 15 is 0 Å². The van der Waals surface area contributed by atoms with E-state index in [1.807, 2.05) is 42.5 Å². The average Bonchev–Trinajstić information content (AvgIpc) is 2.93. The fourth-order valence-corrected chi connectivity index (χ4v) is 3.09. The van der Waals surface area contributed by atoms with Gasteiger partial charge in [0.25, 0.3) is 0 Å². The molecule has 3 rings (SSSR count). The van der Waals surface area contributed by atoms with Crippen molar-refractivity contribution in [2.45, 2.75) is 26.4 Å². The van der Waals surface area contributed by atoms with E-state index in [0.29, 0.717) is 26.1 Å². The third-order valence-corrected chi connectivity index (χ3v) is 4.50. The van der Waals surface area contributed by atoms with Gasteiger partial charge in [-0.15, -0.1) is 11.3 Å². The lowest BCUT2D eigenvalue weighted by Gasteiger charge is -2.32. The van der Waals surface area contributed by atoms with Crippen LogP contribution in [0, 0.1) is 13.8 Å². The molecule has 3 heterocycles.